The van der Waals surface area contributed by atoms with Gasteiger partial charge in [-0.05, 0) is 30.3 Å². The number of likely N-dealkylation sites (tertiary alicyclic amines) is 1. The average Bonchev–Trinajstić information content (AvgIpc) is 3.04. The molecule has 1 aromatic carbocycles. The Labute approximate surface area is 174 Å². The summed E-state index contributed by atoms with van der Waals surface area (Å²) < 4.78 is 43.4. The molecule has 1 atom stereocenters. The Bertz CT molecular complexity index is 1150. The van der Waals surface area contributed by atoms with Crippen LogP contribution in [-0.4, -0.2) is 46.3 Å². The molecule has 1 saturated heterocycles. The van der Waals surface area contributed by atoms with E-state index in [2.05, 4.69) is 15.3 Å². The minimum absolute atomic E-state index is 0.0207. The molecule has 3 aromatic rings. The number of hydrogen-bond donors (Lipinski definition) is 1. The lowest BCUT2D eigenvalue weighted by Gasteiger charge is -2.12. The lowest BCUT2D eigenvalue weighted by atomic mass is 10.2. The molecule has 3 heterocycles. The molecule has 1 aliphatic rings. The molecule has 4 rings (SSSR count). The minimum atomic E-state index is -4.46. The van der Waals surface area contributed by atoms with E-state index in [1.54, 1.807) is 42.3 Å². The number of carbonyl (C=O) groups excluding carboxylic acids is 2. The van der Waals surface area contributed by atoms with Gasteiger partial charge in [-0.2, -0.15) is 13.2 Å². The number of amides is 2. The Morgan fingerprint density at radius 1 is 1.19 bits per heavy atom. The van der Waals surface area contributed by atoms with Gasteiger partial charge in [-0.25, -0.2) is 9.97 Å². The van der Waals surface area contributed by atoms with E-state index in [0.717, 1.165) is 12.1 Å². The molecule has 0 spiro atoms. The average molecular weight is 430 g/mol. The Morgan fingerprint density at radius 2 is 2.00 bits per heavy atom. The van der Waals surface area contributed by atoms with Crippen molar-refractivity contribution >= 4 is 22.7 Å². The number of alkyl halides is 3. The first-order chi connectivity index (χ1) is 14.7. The predicted molar refractivity (Wildman–Crippen MR) is 105 cm³/mol. The molecule has 2 aromatic heterocycles. The van der Waals surface area contributed by atoms with Crippen LogP contribution in [0.4, 0.5) is 13.2 Å². The molecule has 160 valence electrons. The van der Waals surface area contributed by atoms with Crippen molar-refractivity contribution < 1.29 is 27.5 Å². The lowest BCUT2D eigenvalue weighted by molar-refractivity contribution is -0.137. The SMILES string of the molecule is CN1C[C@H](NC(=O)c2ccc3cc(Oc4ccc(C(F)(F)F)cn4)ccc3n2)CC1=O. The molecule has 7 nitrogen and oxygen atoms in total. The van der Waals surface area contributed by atoms with Crippen molar-refractivity contribution in [3.05, 3.63) is 59.9 Å². The van der Waals surface area contributed by atoms with Gasteiger partial charge >= 0.3 is 6.18 Å². The number of likely N-dealkylation sites (N-methyl/N-ethyl adjacent to an activating group) is 1. The van der Waals surface area contributed by atoms with Gasteiger partial charge in [0.15, 0.2) is 0 Å². The van der Waals surface area contributed by atoms with Crippen LogP contribution in [0, 0.1) is 0 Å². The summed E-state index contributed by atoms with van der Waals surface area (Å²) in [6, 6.07) is 9.89. The summed E-state index contributed by atoms with van der Waals surface area (Å²) in [5, 5.41) is 3.48. The zero-order valence-electron chi connectivity index (χ0n) is 16.3. The zero-order valence-corrected chi connectivity index (χ0v) is 16.3. The van der Waals surface area contributed by atoms with E-state index in [-0.39, 0.29) is 35.9 Å². The molecule has 10 heteroatoms. The van der Waals surface area contributed by atoms with E-state index < -0.39 is 11.7 Å². The first kappa shape index (κ1) is 20.6. The maximum absolute atomic E-state index is 12.6. The molecular weight excluding hydrogens is 413 g/mol. The van der Waals surface area contributed by atoms with Gasteiger partial charge in [0.2, 0.25) is 11.8 Å². The summed E-state index contributed by atoms with van der Waals surface area (Å²) in [7, 11) is 1.68. The van der Waals surface area contributed by atoms with Crippen molar-refractivity contribution in [3.63, 3.8) is 0 Å². The van der Waals surface area contributed by atoms with E-state index in [1.807, 2.05) is 0 Å². The number of halogens is 3. The second kappa shape index (κ2) is 7.86. The van der Waals surface area contributed by atoms with Gasteiger partial charge in [0.05, 0.1) is 17.1 Å². The fourth-order valence-electron chi connectivity index (χ4n) is 3.24. The highest BCUT2D eigenvalue weighted by Crippen LogP contribution is 2.30. The maximum Gasteiger partial charge on any atom is 0.417 e. The molecule has 0 radical (unpaired) electrons. The summed E-state index contributed by atoms with van der Waals surface area (Å²) in [4.78, 5) is 33.6. The minimum Gasteiger partial charge on any atom is -0.439 e. The molecule has 0 aliphatic carbocycles. The largest absolute Gasteiger partial charge is 0.439 e. The van der Waals surface area contributed by atoms with Crippen LogP contribution in [0.2, 0.25) is 0 Å². The van der Waals surface area contributed by atoms with Crippen molar-refractivity contribution in [2.45, 2.75) is 18.6 Å². The number of ether oxygens (including phenoxy) is 1. The third kappa shape index (κ3) is 4.57. The number of benzene rings is 1. The summed E-state index contributed by atoms with van der Waals surface area (Å²) in [5.74, 6) is -0.00484. The number of hydrogen-bond acceptors (Lipinski definition) is 5. The summed E-state index contributed by atoms with van der Waals surface area (Å²) in [5.41, 5.74) is -0.102. The number of fused-ring (bicyclic) bond motifs is 1. The molecule has 1 aliphatic heterocycles. The summed E-state index contributed by atoms with van der Waals surface area (Å²) in [6.45, 7) is 0.455. The van der Waals surface area contributed by atoms with Gasteiger partial charge in [-0.15, -0.1) is 0 Å². The third-order valence-electron chi connectivity index (χ3n) is 4.86. The Morgan fingerprint density at radius 3 is 2.65 bits per heavy atom. The number of nitrogens with zero attached hydrogens (tertiary/aromatic N) is 3. The summed E-state index contributed by atoms with van der Waals surface area (Å²) >= 11 is 0. The molecule has 1 N–H and O–H groups in total. The lowest BCUT2D eigenvalue weighted by Crippen LogP contribution is -2.36. The Hall–Kier alpha value is -3.69. The summed E-state index contributed by atoms with van der Waals surface area (Å²) in [6.07, 6.45) is -3.50. The standard InChI is InChI=1S/C21H17F3N4O3/c1-28-11-14(9-19(28)29)26-20(30)17-5-2-12-8-15(4-6-16(12)27-17)31-18-7-3-13(10-25-18)21(22,23)24/h2-8,10,14H,9,11H2,1H3,(H,26,30)/t14-/m1/s1. The molecule has 0 bridgehead atoms. The van der Waals surface area contributed by atoms with Gasteiger partial charge in [-0.3, -0.25) is 9.59 Å². The molecule has 0 saturated carbocycles. The van der Waals surface area contributed by atoms with E-state index in [0.29, 0.717) is 29.4 Å². The quantitative estimate of drug-likeness (QED) is 0.686. The predicted octanol–water partition coefficient (Wildman–Crippen LogP) is 3.40. The topological polar surface area (TPSA) is 84.4 Å². The van der Waals surface area contributed by atoms with E-state index >= 15 is 0 Å². The highest BCUT2D eigenvalue weighted by atomic mass is 19.4. The zero-order chi connectivity index (χ0) is 22.2. The Balaban J connectivity index is 1.46. The van der Waals surface area contributed by atoms with Crippen LogP contribution < -0.4 is 10.1 Å². The van der Waals surface area contributed by atoms with Crippen molar-refractivity contribution in [2.24, 2.45) is 0 Å². The van der Waals surface area contributed by atoms with Crippen LogP contribution in [0.3, 0.4) is 0 Å². The van der Waals surface area contributed by atoms with Crippen LogP contribution in [0.1, 0.15) is 22.5 Å². The van der Waals surface area contributed by atoms with Crippen molar-refractivity contribution in [2.75, 3.05) is 13.6 Å². The normalized spacial score (nSPS) is 16.6. The van der Waals surface area contributed by atoms with Gasteiger partial charge in [-0.1, -0.05) is 6.07 Å². The fourth-order valence-corrected chi connectivity index (χ4v) is 3.24. The van der Waals surface area contributed by atoms with Gasteiger partial charge < -0.3 is 15.0 Å². The number of pyridine rings is 2. The maximum atomic E-state index is 12.6. The van der Waals surface area contributed by atoms with Crippen molar-refractivity contribution in [1.82, 2.24) is 20.2 Å². The van der Waals surface area contributed by atoms with E-state index in [1.165, 1.54) is 0 Å². The van der Waals surface area contributed by atoms with Crippen molar-refractivity contribution in [3.8, 4) is 11.6 Å². The molecule has 2 amide bonds. The molecule has 0 unspecified atom stereocenters. The number of aromatic nitrogens is 2. The fraction of sp³-hybridized carbons (Fsp3) is 0.238. The van der Waals surface area contributed by atoms with Crippen LogP contribution in [-0.2, 0) is 11.0 Å². The van der Waals surface area contributed by atoms with Crippen LogP contribution in [0.5, 0.6) is 11.6 Å². The van der Waals surface area contributed by atoms with Gasteiger partial charge in [0.1, 0.15) is 11.4 Å². The van der Waals surface area contributed by atoms with Crippen LogP contribution >= 0.6 is 0 Å². The third-order valence-corrected chi connectivity index (χ3v) is 4.86. The second-order valence-electron chi connectivity index (χ2n) is 7.18. The van der Waals surface area contributed by atoms with Crippen LogP contribution in [0.15, 0.2) is 48.7 Å². The molecular formula is C21H17F3N4O3. The van der Waals surface area contributed by atoms with Crippen LogP contribution in [0.25, 0.3) is 10.9 Å². The van der Waals surface area contributed by atoms with Crippen molar-refractivity contribution in [1.29, 1.82) is 0 Å². The first-order valence-electron chi connectivity index (χ1n) is 9.36. The van der Waals surface area contributed by atoms with Gasteiger partial charge in [0, 0.05) is 37.7 Å². The number of rotatable bonds is 4. The second-order valence-corrected chi connectivity index (χ2v) is 7.18. The number of nitrogens with one attached hydrogen (secondary N) is 1. The van der Waals surface area contributed by atoms with Gasteiger partial charge in [0.25, 0.3) is 5.91 Å². The highest BCUT2D eigenvalue weighted by molar-refractivity contribution is 5.95. The van der Waals surface area contributed by atoms with E-state index in [4.69, 9.17) is 4.74 Å². The highest BCUT2D eigenvalue weighted by Gasteiger charge is 2.31. The molecule has 31 heavy (non-hydrogen) atoms. The smallest absolute Gasteiger partial charge is 0.417 e. The first-order valence-corrected chi connectivity index (χ1v) is 9.36. The Kier molecular flexibility index (Phi) is 5.22. The number of carbonyl (C=O) groups is 2. The monoisotopic (exact) mass is 430 g/mol. The molecule has 1 fully saturated rings. The van der Waals surface area contributed by atoms with E-state index in [9.17, 15) is 22.8 Å².